The summed E-state index contributed by atoms with van der Waals surface area (Å²) in [5.41, 5.74) is 3.62. The van der Waals surface area contributed by atoms with Gasteiger partial charge >= 0.3 is 5.97 Å². The van der Waals surface area contributed by atoms with Gasteiger partial charge in [-0.25, -0.2) is 0 Å². The molecule has 0 radical (unpaired) electrons. The van der Waals surface area contributed by atoms with E-state index in [0.29, 0.717) is 25.1 Å². The second-order valence-electron chi connectivity index (χ2n) is 9.37. The molecule has 3 aromatic rings. The minimum absolute atomic E-state index is 0.0137. The molecule has 1 amide bonds. The largest absolute Gasteiger partial charge is 0.494 e. The van der Waals surface area contributed by atoms with E-state index in [9.17, 15) is 9.59 Å². The Morgan fingerprint density at radius 3 is 2.43 bits per heavy atom. The number of nitrogens with zero attached hydrogens (tertiary/aromatic N) is 1. The summed E-state index contributed by atoms with van der Waals surface area (Å²) in [5, 5.41) is 8.72. The molecule has 37 heavy (non-hydrogen) atoms. The molecule has 0 saturated heterocycles. The Morgan fingerprint density at radius 1 is 0.919 bits per heavy atom. The summed E-state index contributed by atoms with van der Waals surface area (Å²) in [6.45, 7) is 5.26. The normalized spacial score (nSPS) is 12.0. The van der Waals surface area contributed by atoms with Crippen LogP contribution in [0.2, 0.25) is 0 Å². The smallest absolute Gasteiger partial charge is 0.303 e. The van der Waals surface area contributed by atoms with Crippen molar-refractivity contribution < 1.29 is 28.9 Å². The van der Waals surface area contributed by atoms with E-state index in [-0.39, 0.29) is 25.2 Å². The lowest BCUT2D eigenvalue weighted by atomic mass is 10.0. The molecule has 3 aromatic carbocycles. The highest BCUT2D eigenvalue weighted by Crippen LogP contribution is 2.36. The maximum Gasteiger partial charge on any atom is 0.303 e. The van der Waals surface area contributed by atoms with Crippen LogP contribution in [0.25, 0.3) is 11.1 Å². The van der Waals surface area contributed by atoms with Gasteiger partial charge in [-0.15, -0.1) is 0 Å². The highest BCUT2D eigenvalue weighted by Gasteiger charge is 2.20. The van der Waals surface area contributed by atoms with Gasteiger partial charge in [-0.05, 0) is 86.2 Å². The lowest BCUT2D eigenvalue weighted by molar-refractivity contribution is -0.137. The Kier molecular flexibility index (Phi) is 8.67. The van der Waals surface area contributed by atoms with Crippen molar-refractivity contribution in [3.05, 3.63) is 77.9 Å². The van der Waals surface area contributed by atoms with E-state index in [4.69, 9.17) is 19.3 Å². The van der Waals surface area contributed by atoms with E-state index in [1.165, 1.54) is 0 Å². The number of carboxylic acid groups (broad SMARTS) is 1. The van der Waals surface area contributed by atoms with Crippen molar-refractivity contribution in [3.63, 3.8) is 0 Å². The van der Waals surface area contributed by atoms with E-state index in [1.807, 2.05) is 85.5 Å². The third-order valence-electron chi connectivity index (χ3n) is 6.28. The summed E-state index contributed by atoms with van der Waals surface area (Å²) in [6, 6.07) is 21.3. The van der Waals surface area contributed by atoms with E-state index in [0.717, 1.165) is 46.8 Å². The first kappa shape index (κ1) is 26.1. The van der Waals surface area contributed by atoms with Crippen LogP contribution in [-0.4, -0.2) is 41.3 Å². The van der Waals surface area contributed by atoms with Crippen LogP contribution < -0.4 is 14.2 Å². The molecule has 7 heteroatoms. The van der Waals surface area contributed by atoms with E-state index in [1.54, 1.807) is 0 Å². The van der Waals surface area contributed by atoms with Crippen LogP contribution in [0.4, 0.5) is 0 Å². The summed E-state index contributed by atoms with van der Waals surface area (Å²) in [4.78, 5) is 25.9. The second-order valence-corrected chi connectivity index (χ2v) is 9.37. The number of rotatable bonds is 12. The van der Waals surface area contributed by atoms with Crippen molar-refractivity contribution in [3.8, 4) is 28.4 Å². The maximum absolute atomic E-state index is 13.4. The van der Waals surface area contributed by atoms with E-state index in [2.05, 4.69) is 0 Å². The summed E-state index contributed by atoms with van der Waals surface area (Å²) in [6.07, 6.45) is 2.46. The molecule has 0 spiro atoms. The first-order valence-electron chi connectivity index (χ1n) is 12.7. The zero-order valence-corrected chi connectivity index (χ0v) is 21.3. The number of hydrogen-bond acceptors (Lipinski definition) is 5. The SMILES string of the molecule is CC(C)N(Cc1cccc(OCCCCCC(=O)O)c1)C(=O)c1ccc(-c2ccc3c(c2)OCO3)cc1. The van der Waals surface area contributed by atoms with Crippen LogP contribution in [0.5, 0.6) is 17.2 Å². The van der Waals surface area contributed by atoms with Crippen LogP contribution in [0.3, 0.4) is 0 Å². The molecule has 0 aromatic heterocycles. The van der Waals surface area contributed by atoms with Crippen molar-refractivity contribution in [2.24, 2.45) is 0 Å². The molecule has 1 aliphatic heterocycles. The van der Waals surface area contributed by atoms with Gasteiger partial charge in [0.1, 0.15) is 5.75 Å². The minimum Gasteiger partial charge on any atom is -0.494 e. The number of unbranched alkanes of at least 4 members (excludes halogenated alkanes) is 2. The zero-order chi connectivity index (χ0) is 26.2. The van der Waals surface area contributed by atoms with Gasteiger partial charge < -0.3 is 24.2 Å². The number of hydrogen-bond donors (Lipinski definition) is 1. The summed E-state index contributed by atoms with van der Waals surface area (Å²) in [7, 11) is 0. The number of fused-ring (bicyclic) bond motifs is 1. The molecule has 0 atom stereocenters. The van der Waals surface area contributed by atoms with Gasteiger partial charge in [-0.3, -0.25) is 9.59 Å². The molecule has 0 aliphatic carbocycles. The topological polar surface area (TPSA) is 85.3 Å². The van der Waals surface area contributed by atoms with Gasteiger partial charge in [0.25, 0.3) is 5.91 Å². The van der Waals surface area contributed by atoms with Gasteiger partial charge in [0.2, 0.25) is 6.79 Å². The van der Waals surface area contributed by atoms with Gasteiger partial charge in [-0.2, -0.15) is 0 Å². The highest BCUT2D eigenvalue weighted by molar-refractivity contribution is 5.95. The predicted molar refractivity (Wildman–Crippen MR) is 141 cm³/mol. The molecule has 0 bridgehead atoms. The number of carbonyl (C=O) groups excluding carboxylic acids is 1. The van der Waals surface area contributed by atoms with Crippen molar-refractivity contribution in [2.75, 3.05) is 13.4 Å². The standard InChI is InChI=1S/C30H33NO6/c1-21(2)31(19-22-7-6-8-26(17-22)35-16-5-3-4-9-29(32)33)30(34)24-12-10-23(11-13-24)25-14-15-27-28(18-25)37-20-36-27/h6-8,10-15,17-18,21H,3-5,9,16,19-20H2,1-2H3,(H,32,33). The number of aliphatic carboxylic acids is 1. The van der Waals surface area contributed by atoms with Crippen LogP contribution in [0.15, 0.2) is 66.7 Å². The van der Waals surface area contributed by atoms with Crippen molar-refractivity contribution in [1.29, 1.82) is 0 Å². The fourth-order valence-electron chi connectivity index (χ4n) is 4.21. The first-order valence-corrected chi connectivity index (χ1v) is 12.7. The first-order chi connectivity index (χ1) is 17.9. The van der Waals surface area contributed by atoms with E-state index >= 15 is 0 Å². The van der Waals surface area contributed by atoms with Crippen LogP contribution >= 0.6 is 0 Å². The summed E-state index contributed by atoms with van der Waals surface area (Å²) in [5.74, 6) is 1.43. The Morgan fingerprint density at radius 2 is 1.68 bits per heavy atom. The molecule has 7 nitrogen and oxygen atoms in total. The van der Waals surface area contributed by atoms with Gasteiger partial charge in [-0.1, -0.05) is 30.3 Å². The fraction of sp³-hybridized carbons (Fsp3) is 0.333. The number of ether oxygens (including phenoxy) is 3. The quantitative estimate of drug-likeness (QED) is 0.298. The zero-order valence-electron chi connectivity index (χ0n) is 21.3. The van der Waals surface area contributed by atoms with Crippen LogP contribution in [-0.2, 0) is 11.3 Å². The van der Waals surface area contributed by atoms with Gasteiger partial charge in [0.05, 0.1) is 6.61 Å². The third kappa shape index (κ3) is 7.03. The summed E-state index contributed by atoms with van der Waals surface area (Å²) >= 11 is 0. The van der Waals surface area contributed by atoms with Crippen molar-refractivity contribution in [1.82, 2.24) is 4.90 Å². The van der Waals surface area contributed by atoms with Crippen molar-refractivity contribution in [2.45, 2.75) is 52.1 Å². The Balaban J connectivity index is 1.37. The molecular formula is C30H33NO6. The lowest BCUT2D eigenvalue weighted by Crippen LogP contribution is -2.36. The molecule has 4 rings (SSSR count). The molecule has 0 fully saturated rings. The van der Waals surface area contributed by atoms with Gasteiger partial charge in [0, 0.05) is 24.6 Å². The molecule has 0 saturated carbocycles. The van der Waals surface area contributed by atoms with Crippen molar-refractivity contribution >= 4 is 11.9 Å². The summed E-state index contributed by atoms with van der Waals surface area (Å²) < 4.78 is 16.7. The van der Waals surface area contributed by atoms with Gasteiger partial charge in [0.15, 0.2) is 11.5 Å². The van der Waals surface area contributed by atoms with Crippen LogP contribution in [0, 0.1) is 0 Å². The number of carbonyl (C=O) groups is 2. The number of benzene rings is 3. The third-order valence-corrected chi connectivity index (χ3v) is 6.28. The Hall–Kier alpha value is -4.00. The Bertz CT molecular complexity index is 1220. The lowest BCUT2D eigenvalue weighted by Gasteiger charge is -2.27. The molecule has 0 unspecified atom stereocenters. The number of carboxylic acids is 1. The minimum atomic E-state index is -0.765. The average Bonchev–Trinajstić information content (AvgIpc) is 3.37. The molecule has 194 valence electrons. The molecule has 1 N–H and O–H groups in total. The average molecular weight is 504 g/mol. The fourth-order valence-corrected chi connectivity index (χ4v) is 4.21. The highest BCUT2D eigenvalue weighted by atomic mass is 16.7. The Labute approximate surface area is 217 Å². The predicted octanol–water partition coefficient (Wildman–Crippen LogP) is 6.16. The maximum atomic E-state index is 13.4. The molecule has 1 aliphatic rings. The number of amides is 1. The van der Waals surface area contributed by atoms with E-state index < -0.39 is 5.97 Å². The molecule has 1 heterocycles. The monoisotopic (exact) mass is 503 g/mol. The molecular weight excluding hydrogens is 470 g/mol. The second kappa shape index (κ2) is 12.3. The van der Waals surface area contributed by atoms with Crippen LogP contribution in [0.1, 0.15) is 55.5 Å².